The molecule has 0 aromatic rings. The van der Waals surface area contributed by atoms with E-state index in [1.54, 1.807) is 7.05 Å². The van der Waals surface area contributed by atoms with Crippen LogP contribution in [0.1, 0.15) is 20.3 Å². The van der Waals surface area contributed by atoms with Crippen LogP contribution in [-0.2, 0) is 3.07 Å². The number of rotatable bonds is 5. The van der Waals surface area contributed by atoms with Crippen LogP contribution in [0.25, 0.3) is 0 Å². The second kappa shape index (κ2) is 5.55. The first-order valence-corrected chi connectivity index (χ1v) is 5.49. The minimum absolute atomic E-state index is 0.300. The Morgan fingerprint density at radius 1 is 1.36 bits per heavy atom. The molecule has 0 bridgehead atoms. The maximum atomic E-state index is 12.2. The first-order chi connectivity index (χ1) is 6.22. The molecule has 1 atom stereocenters. The molecule has 0 heterocycles. The Kier molecular flexibility index (Phi) is 5.76. The maximum absolute atomic E-state index is 12.2. The summed E-state index contributed by atoms with van der Waals surface area (Å²) in [6, 6.07) is 0. The van der Waals surface area contributed by atoms with E-state index in [0.29, 0.717) is 36.0 Å². The molecule has 0 saturated heterocycles. The van der Waals surface area contributed by atoms with Crippen LogP contribution in [0, 0.1) is 0 Å². The molecule has 0 saturated carbocycles. The molecule has 14 heavy (non-hydrogen) atoms. The van der Waals surface area contributed by atoms with Gasteiger partial charge in [0.25, 0.3) is 0 Å². The van der Waals surface area contributed by atoms with Gasteiger partial charge in [-0.3, -0.25) is 0 Å². The molecule has 0 amide bonds. The molecule has 0 aliphatic heterocycles. The van der Waals surface area contributed by atoms with E-state index in [0.717, 1.165) is 0 Å². The van der Waals surface area contributed by atoms with Crippen molar-refractivity contribution in [2.75, 3.05) is 20.1 Å². The molecule has 0 rings (SSSR count). The summed E-state index contributed by atoms with van der Waals surface area (Å²) in [7, 11) is 1.78. The topological polar surface area (TPSA) is 12.5 Å². The van der Waals surface area contributed by atoms with E-state index in [1.807, 2.05) is 11.8 Å². The van der Waals surface area contributed by atoms with Crippen molar-refractivity contribution in [1.82, 2.24) is 4.90 Å². The minimum atomic E-state index is -4.17. The van der Waals surface area contributed by atoms with Crippen LogP contribution in [0.3, 0.4) is 0 Å². The molecular formula is C8H15F3NOSn. The Balaban J connectivity index is 4.32. The van der Waals surface area contributed by atoms with Gasteiger partial charge in [-0.15, -0.1) is 0 Å². The number of hydrogen-bond acceptors (Lipinski definition) is 2. The van der Waals surface area contributed by atoms with Crippen LogP contribution in [0.5, 0.6) is 0 Å². The predicted octanol–water partition coefficient (Wildman–Crippen LogP) is 1.75. The second-order valence-corrected chi connectivity index (χ2v) is 4.26. The second-order valence-electron chi connectivity index (χ2n) is 3.67. The quantitative estimate of drug-likeness (QED) is 0.717. The first-order valence-electron chi connectivity index (χ1n) is 4.32. The summed E-state index contributed by atoms with van der Waals surface area (Å²) in [4.78, 5) is 1.82. The van der Waals surface area contributed by atoms with Crippen molar-refractivity contribution in [3.8, 4) is 0 Å². The summed E-state index contributed by atoms with van der Waals surface area (Å²) >= 11 is 0.671. The predicted molar refractivity (Wildman–Crippen MR) is 49.1 cm³/mol. The summed E-state index contributed by atoms with van der Waals surface area (Å²) in [5.41, 5.74) is -1.11. The zero-order valence-electron chi connectivity index (χ0n) is 8.61. The van der Waals surface area contributed by atoms with Crippen molar-refractivity contribution in [1.29, 1.82) is 0 Å². The van der Waals surface area contributed by atoms with Crippen LogP contribution in [-0.4, -0.2) is 59.8 Å². The van der Waals surface area contributed by atoms with Crippen molar-refractivity contribution in [3.63, 3.8) is 0 Å². The van der Waals surface area contributed by atoms with Gasteiger partial charge in [0.15, 0.2) is 0 Å². The summed E-state index contributed by atoms with van der Waals surface area (Å²) in [5, 5.41) is 0. The van der Waals surface area contributed by atoms with Crippen LogP contribution in [0.2, 0.25) is 0 Å². The van der Waals surface area contributed by atoms with Gasteiger partial charge in [0, 0.05) is 0 Å². The molecule has 0 aliphatic carbocycles. The molecule has 2 nitrogen and oxygen atoms in total. The molecule has 3 radical (unpaired) electrons. The van der Waals surface area contributed by atoms with Gasteiger partial charge < -0.3 is 0 Å². The monoisotopic (exact) mass is 318 g/mol. The number of alkyl halides is 3. The van der Waals surface area contributed by atoms with Crippen LogP contribution in [0.4, 0.5) is 13.2 Å². The molecule has 0 aliphatic rings. The Bertz CT molecular complexity index is 176. The first kappa shape index (κ1) is 14.5. The molecule has 6 heteroatoms. The van der Waals surface area contributed by atoms with Crippen LogP contribution in [0.15, 0.2) is 0 Å². The Hall–Kier alpha value is 0.509. The van der Waals surface area contributed by atoms with Crippen LogP contribution >= 0.6 is 0 Å². The number of likely N-dealkylation sites (N-methyl/N-ethyl adjacent to an activating group) is 1. The Labute approximate surface area is 96.4 Å². The molecule has 83 valence electrons. The van der Waals surface area contributed by atoms with Gasteiger partial charge in [0.1, 0.15) is 0 Å². The normalized spacial score (nSPS) is 17.1. The Morgan fingerprint density at radius 2 is 1.86 bits per heavy atom. The van der Waals surface area contributed by atoms with Crippen molar-refractivity contribution in [3.05, 3.63) is 0 Å². The summed E-state index contributed by atoms with van der Waals surface area (Å²) < 4.78 is 41.6. The molecule has 0 aromatic heterocycles. The number of nitrogens with zero attached hydrogens (tertiary/aromatic N) is 1. The zero-order valence-corrected chi connectivity index (χ0v) is 11.5. The SMILES string of the molecule is CCN(C)CC(C)(CC(F)(F)F)[O][Sn]. The van der Waals surface area contributed by atoms with E-state index >= 15 is 0 Å². The van der Waals surface area contributed by atoms with E-state index in [-0.39, 0.29) is 0 Å². The van der Waals surface area contributed by atoms with Gasteiger partial charge in [-0.2, -0.15) is 0 Å². The van der Waals surface area contributed by atoms with Crippen molar-refractivity contribution in [2.24, 2.45) is 0 Å². The fraction of sp³-hybridized carbons (Fsp3) is 1.00. The van der Waals surface area contributed by atoms with Gasteiger partial charge >= 0.3 is 96.3 Å². The van der Waals surface area contributed by atoms with E-state index in [9.17, 15) is 13.2 Å². The van der Waals surface area contributed by atoms with Crippen molar-refractivity contribution in [2.45, 2.75) is 32.0 Å². The van der Waals surface area contributed by atoms with E-state index in [2.05, 4.69) is 0 Å². The van der Waals surface area contributed by atoms with Gasteiger partial charge in [-0.1, -0.05) is 0 Å². The molecule has 0 N–H and O–H groups in total. The fourth-order valence-corrected chi connectivity index (χ4v) is 1.62. The summed E-state index contributed by atoms with van der Waals surface area (Å²) in [6.45, 7) is 4.42. The summed E-state index contributed by atoms with van der Waals surface area (Å²) in [5.74, 6) is 0. The van der Waals surface area contributed by atoms with Crippen LogP contribution < -0.4 is 0 Å². The molecular weight excluding hydrogens is 302 g/mol. The zero-order chi connectivity index (χ0) is 11.4. The molecule has 0 aromatic carbocycles. The van der Waals surface area contributed by atoms with Gasteiger partial charge in [0.2, 0.25) is 0 Å². The van der Waals surface area contributed by atoms with Gasteiger partial charge in [0.05, 0.1) is 0 Å². The summed E-state index contributed by atoms with van der Waals surface area (Å²) in [6.07, 6.45) is -5.06. The van der Waals surface area contributed by atoms with Gasteiger partial charge in [-0.25, -0.2) is 0 Å². The van der Waals surface area contributed by atoms with E-state index < -0.39 is 18.2 Å². The third-order valence-corrected chi connectivity index (χ3v) is 3.37. The number of halogens is 3. The van der Waals surface area contributed by atoms with E-state index in [4.69, 9.17) is 3.07 Å². The van der Waals surface area contributed by atoms with Gasteiger partial charge in [-0.05, 0) is 0 Å². The van der Waals surface area contributed by atoms with Crippen molar-refractivity contribution >= 4 is 22.9 Å². The van der Waals surface area contributed by atoms with E-state index in [1.165, 1.54) is 6.92 Å². The van der Waals surface area contributed by atoms with Crippen molar-refractivity contribution < 1.29 is 16.2 Å². The average molecular weight is 317 g/mol. The average Bonchev–Trinajstić information content (AvgIpc) is 2.00. The molecule has 0 fully saturated rings. The number of hydrogen-bond donors (Lipinski definition) is 0. The standard InChI is InChI=1S/C8H15F3NO.Sn/c1-4-12(3)6-7(2,13)5-8(9,10)11;/h4-6H2,1-3H3;/q-1;+1. The third kappa shape index (κ3) is 6.08. The molecule has 1 unspecified atom stereocenters. The Morgan fingerprint density at radius 3 is 2.14 bits per heavy atom. The molecule has 0 spiro atoms. The fourth-order valence-electron chi connectivity index (χ4n) is 1.23. The third-order valence-electron chi connectivity index (χ3n) is 1.97.